The fourth-order valence-electron chi connectivity index (χ4n) is 1.81. The number of allylic oxidation sites excluding steroid dienone is 4. The van der Waals surface area contributed by atoms with Gasteiger partial charge in [-0.05, 0) is 11.6 Å². The lowest BCUT2D eigenvalue weighted by Crippen LogP contribution is -2.26. The molecule has 68 valence electrons. The molecule has 0 bridgehead atoms. The molecule has 1 aliphatic heterocycles. The number of nitrogens with zero attached hydrogens (tertiary/aromatic N) is 1. The highest BCUT2D eigenvalue weighted by atomic mass is 15.5. The van der Waals surface area contributed by atoms with Crippen molar-refractivity contribution >= 4 is 7.98 Å². The van der Waals surface area contributed by atoms with Crippen molar-refractivity contribution in [3.8, 4) is 0 Å². The molecule has 0 radical (unpaired) electrons. The van der Waals surface area contributed by atoms with Crippen LogP contribution in [0.2, 0.25) is 0 Å². The van der Waals surface area contributed by atoms with E-state index in [2.05, 4.69) is 56.5 Å². The van der Waals surface area contributed by atoms with Crippen molar-refractivity contribution < 1.29 is 0 Å². The Morgan fingerprint density at radius 1 is 1.54 bits per heavy atom. The van der Waals surface area contributed by atoms with Crippen LogP contribution in [0.25, 0.3) is 0 Å². The van der Waals surface area contributed by atoms with Crippen LogP contribution in [0.3, 0.4) is 0 Å². The molecule has 1 N–H and O–H groups in total. The second-order valence-electron chi connectivity index (χ2n) is 4.40. The van der Waals surface area contributed by atoms with E-state index in [-0.39, 0.29) is 5.41 Å². The van der Waals surface area contributed by atoms with Gasteiger partial charge in [-0.1, -0.05) is 32.1 Å². The molecular formula is C10H15BN2. The highest BCUT2D eigenvalue weighted by Gasteiger charge is 2.22. The van der Waals surface area contributed by atoms with Gasteiger partial charge in [0.05, 0.1) is 5.70 Å². The molecule has 0 aromatic carbocycles. The molecule has 1 fully saturated rings. The Morgan fingerprint density at radius 3 is 3.08 bits per heavy atom. The Labute approximate surface area is 80.4 Å². The van der Waals surface area contributed by atoms with Crippen LogP contribution in [0.4, 0.5) is 0 Å². The summed E-state index contributed by atoms with van der Waals surface area (Å²) in [7, 11) is 2.06. The Bertz CT molecular complexity index is 313. The third-order valence-electron chi connectivity index (χ3n) is 2.40. The fraction of sp³-hybridized carbons (Fsp3) is 0.400. The molecule has 1 aliphatic carbocycles. The zero-order valence-electron chi connectivity index (χ0n) is 8.46. The van der Waals surface area contributed by atoms with E-state index in [1.54, 1.807) is 0 Å². The van der Waals surface area contributed by atoms with E-state index in [0.717, 1.165) is 6.54 Å². The SMILES string of the molecule is BN1CC2=CC(C)(C)C=CC=C2N1. The Morgan fingerprint density at radius 2 is 2.31 bits per heavy atom. The Hall–Kier alpha value is -0.955. The van der Waals surface area contributed by atoms with Crippen molar-refractivity contribution in [3.63, 3.8) is 0 Å². The van der Waals surface area contributed by atoms with Crippen molar-refractivity contribution in [1.82, 2.24) is 10.3 Å². The number of hydrogen-bond donors (Lipinski definition) is 1. The first kappa shape index (κ1) is 8.63. The number of hydrogen-bond acceptors (Lipinski definition) is 2. The van der Waals surface area contributed by atoms with Crippen molar-refractivity contribution in [1.29, 1.82) is 0 Å². The average Bonchev–Trinajstić information content (AvgIpc) is 2.23. The molecule has 1 saturated heterocycles. The lowest BCUT2D eigenvalue weighted by Gasteiger charge is -2.14. The zero-order valence-corrected chi connectivity index (χ0v) is 8.46. The van der Waals surface area contributed by atoms with E-state index < -0.39 is 0 Å². The number of fused-ring (bicyclic) bond motifs is 1. The van der Waals surface area contributed by atoms with Crippen LogP contribution in [0, 0.1) is 5.41 Å². The molecule has 0 unspecified atom stereocenters. The van der Waals surface area contributed by atoms with Gasteiger partial charge < -0.3 is 5.43 Å². The van der Waals surface area contributed by atoms with Crippen LogP contribution in [-0.2, 0) is 0 Å². The van der Waals surface area contributed by atoms with Crippen LogP contribution in [-0.4, -0.2) is 19.4 Å². The number of nitrogens with one attached hydrogen (secondary N) is 1. The number of hydrazine groups is 1. The molecule has 2 aliphatic rings. The molecule has 0 aromatic rings. The smallest absolute Gasteiger partial charge is 0.213 e. The predicted molar refractivity (Wildman–Crippen MR) is 57.5 cm³/mol. The first-order valence-electron chi connectivity index (χ1n) is 4.66. The number of rotatable bonds is 0. The van der Waals surface area contributed by atoms with Gasteiger partial charge in [0.2, 0.25) is 7.98 Å². The summed E-state index contributed by atoms with van der Waals surface area (Å²) in [5, 5.41) is 0. The molecule has 2 rings (SSSR count). The lowest BCUT2D eigenvalue weighted by atomic mass is 9.91. The molecule has 2 nitrogen and oxygen atoms in total. The van der Waals surface area contributed by atoms with E-state index in [1.807, 2.05) is 0 Å². The minimum Gasteiger partial charge on any atom is -0.330 e. The van der Waals surface area contributed by atoms with Crippen molar-refractivity contribution in [2.75, 3.05) is 6.54 Å². The van der Waals surface area contributed by atoms with Crippen molar-refractivity contribution in [3.05, 3.63) is 35.6 Å². The summed E-state index contributed by atoms with van der Waals surface area (Å²) in [5.74, 6) is 0. The van der Waals surface area contributed by atoms with Gasteiger partial charge in [-0.25, -0.2) is 0 Å². The lowest BCUT2D eigenvalue weighted by molar-refractivity contribution is 0.462. The molecule has 13 heavy (non-hydrogen) atoms. The fourth-order valence-corrected chi connectivity index (χ4v) is 1.81. The molecule has 3 heteroatoms. The van der Waals surface area contributed by atoms with Gasteiger partial charge in [-0.3, -0.25) is 4.92 Å². The molecule has 0 amide bonds. The van der Waals surface area contributed by atoms with Gasteiger partial charge in [0, 0.05) is 12.0 Å². The highest BCUT2D eigenvalue weighted by molar-refractivity contribution is 6.04. The van der Waals surface area contributed by atoms with Crippen molar-refractivity contribution in [2.24, 2.45) is 5.41 Å². The topological polar surface area (TPSA) is 15.3 Å². The normalized spacial score (nSPS) is 25.7. The van der Waals surface area contributed by atoms with Gasteiger partial charge in [-0.2, -0.15) is 0 Å². The van der Waals surface area contributed by atoms with Gasteiger partial charge in [0.15, 0.2) is 0 Å². The standard InChI is InChI=1S/C10H15BN2/c1-10(2)5-3-4-9-8(6-10)7-13(11)12-9/h3-6,12H,7,11H2,1-2H3. The van der Waals surface area contributed by atoms with Gasteiger partial charge >= 0.3 is 0 Å². The zero-order chi connectivity index (χ0) is 9.47. The Kier molecular flexibility index (Phi) is 1.84. The summed E-state index contributed by atoms with van der Waals surface area (Å²) < 4.78 is 0. The first-order valence-corrected chi connectivity index (χ1v) is 4.66. The van der Waals surface area contributed by atoms with Gasteiger partial charge in [0.25, 0.3) is 0 Å². The maximum atomic E-state index is 3.31. The second-order valence-corrected chi connectivity index (χ2v) is 4.40. The van der Waals surface area contributed by atoms with Crippen molar-refractivity contribution in [2.45, 2.75) is 13.8 Å². The maximum Gasteiger partial charge on any atom is 0.213 e. The molecule has 0 aromatic heterocycles. The molecule has 0 spiro atoms. The summed E-state index contributed by atoms with van der Waals surface area (Å²) in [6.07, 6.45) is 8.83. The largest absolute Gasteiger partial charge is 0.330 e. The monoisotopic (exact) mass is 174 g/mol. The minimum atomic E-state index is 0.181. The molecule has 1 heterocycles. The summed E-state index contributed by atoms with van der Waals surface area (Å²) >= 11 is 0. The minimum absolute atomic E-state index is 0.181. The van der Waals surface area contributed by atoms with Crippen LogP contribution in [0.15, 0.2) is 35.6 Å². The Balaban J connectivity index is 2.37. The third kappa shape index (κ3) is 1.70. The average molecular weight is 174 g/mol. The first-order chi connectivity index (χ1) is 6.07. The predicted octanol–water partition coefficient (Wildman–Crippen LogP) is 0.761. The van der Waals surface area contributed by atoms with Crippen LogP contribution >= 0.6 is 0 Å². The highest BCUT2D eigenvalue weighted by Crippen LogP contribution is 2.28. The van der Waals surface area contributed by atoms with Gasteiger partial charge in [0.1, 0.15) is 0 Å². The van der Waals surface area contributed by atoms with Crippen LogP contribution in [0.5, 0.6) is 0 Å². The van der Waals surface area contributed by atoms with E-state index in [1.165, 1.54) is 11.3 Å². The van der Waals surface area contributed by atoms with Crippen LogP contribution < -0.4 is 5.43 Å². The molecule has 0 saturated carbocycles. The summed E-state index contributed by atoms with van der Waals surface area (Å²) in [6.45, 7) is 5.45. The van der Waals surface area contributed by atoms with Crippen LogP contribution in [0.1, 0.15) is 13.8 Å². The van der Waals surface area contributed by atoms with Gasteiger partial charge in [-0.15, -0.1) is 0 Å². The maximum absolute atomic E-state index is 3.31. The summed E-state index contributed by atoms with van der Waals surface area (Å²) in [6, 6.07) is 0. The third-order valence-corrected chi connectivity index (χ3v) is 2.40. The molecular weight excluding hydrogens is 159 g/mol. The molecule has 0 atom stereocenters. The summed E-state index contributed by atoms with van der Waals surface area (Å²) in [5.41, 5.74) is 6.13. The van der Waals surface area contributed by atoms with E-state index >= 15 is 0 Å². The summed E-state index contributed by atoms with van der Waals surface area (Å²) in [4.78, 5) is 2.10. The van der Waals surface area contributed by atoms with E-state index in [0.29, 0.717) is 0 Å². The van der Waals surface area contributed by atoms with E-state index in [9.17, 15) is 0 Å². The quantitative estimate of drug-likeness (QED) is 0.545. The van der Waals surface area contributed by atoms with E-state index in [4.69, 9.17) is 0 Å². The second kappa shape index (κ2) is 2.77.